The summed E-state index contributed by atoms with van der Waals surface area (Å²) in [5.74, 6) is -0.0463. The average Bonchev–Trinajstić information content (AvgIpc) is 2.53. The quantitative estimate of drug-likeness (QED) is 0.482. The first kappa shape index (κ1) is 11.4. The van der Waals surface area contributed by atoms with Crippen molar-refractivity contribution in [2.45, 2.75) is 25.7 Å². The molecule has 0 aromatic heterocycles. The summed E-state index contributed by atoms with van der Waals surface area (Å²) in [5, 5.41) is 16.2. The molecule has 12 heavy (non-hydrogen) atoms. The Morgan fingerprint density at radius 1 is 1.33 bits per heavy atom. The van der Waals surface area contributed by atoms with Gasteiger partial charge in [0.1, 0.15) is 0 Å². The molecule has 4 nitrogen and oxygen atoms in total. The molecule has 4 heteroatoms. The summed E-state index contributed by atoms with van der Waals surface area (Å²) < 4.78 is 4.51. The topological polar surface area (TPSA) is 66.8 Å². The summed E-state index contributed by atoms with van der Waals surface area (Å²) in [6, 6.07) is 0. The summed E-state index contributed by atoms with van der Waals surface area (Å²) in [4.78, 5) is 10.0. The molecule has 74 valence electrons. The van der Waals surface area contributed by atoms with E-state index in [0.717, 1.165) is 19.3 Å². The normalized spacial score (nSPS) is 15.0. The van der Waals surface area contributed by atoms with E-state index in [1.165, 1.54) is 0 Å². The number of ether oxygens (including phenoxy) is 1. The molecule has 1 saturated heterocycles. The zero-order chi connectivity index (χ0) is 9.23. The highest BCUT2D eigenvalue weighted by Gasteiger charge is 2.08. The molecule has 0 amide bonds. The van der Waals surface area contributed by atoms with Crippen LogP contribution in [-0.4, -0.2) is 36.0 Å². The van der Waals surface area contributed by atoms with Crippen LogP contribution in [0.25, 0.3) is 0 Å². The molecule has 0 unspecified atom stereocenters. The predicted molar refractivity (Wildman–Crippen MR) is 45.7 cm³/mol. The van der Waals surface area contributed by atoms with Gasteiger partial charge in [-0.25, -0.2) is 0 Å². The Labute approximate surface area is 73.6 Å². The number of cyclic esters (lactones) is 1. The molecule has 1 fully saturated rings. The third-order valence-corrected chi connectivity index (χ3v) is 1.35. The van der Waals surface area contributed by atoms with E-state index in [1.54, 1.807) is 0 Å². The second-order valence-corrected chi connectivity index (χ2v) is 2.48. The van der Waals surface area contributed by atoms with Crippen LogP contribution in [0.3, 0.4) is 0 Å². The number of aliphatic hydroxyl groups excluding tert-OH is 2. The van der Waals surface area contributed by atoms with Crippen molar-refractivity contribution in [2.75, 3.05) is 19.8 Å². The van der Waals surface area contributed by atoms with Gasteiger partial charge in [0.05, 0.1) is 6.61 Å². The third kappa shape index (κ3) is 7.50. The van der Waals surface area contributed by atoms with E-state index in [1.807, 2.05) is 0 Å². The Balaban J connectivity index is 0. The lowest BCUT2D eigenvalue weighted by molar-refractivity contribution is -0.137. The zero-order valence-corrected chi connectivity index (χ0v) is 7.16. The molecule has 0 radical (unpaired) electrons. The van der Waals surface area contributed by atoms with Crippen LogP contribution in [0.4, 0.5) is 0 Å². The number of carbonyl (C=O) groups excluding carboxylic acids is 1. The number of rotatable bonds is 3. The van der Waals surface area contributed by atoms with Crippen molar-refractivity contribution in [1.82, 2.24) is 0 Å². The molecule has 0 aliphatic carbocycles. The molecule has 1 aliphatic heterocycles. The summed E-state index contributed by atoms with van der Waals surface area (Å²) in [6.45, 7) is 1.03. The van der Waals surface area contributed by atoms with Crippen molar-refractivity contribution < 1.29 is 21.2 Å². The molecule has 2 N–H and O–H groups in total. The highest BCUT2D eigenvalue weighted by molar-refractivity contribution is 5.70. The Kier molecular flexibility index (Phi) is 8.05. The van der Waals surface area contributed by atoms with Crippen molar-refractivity contribution in [2.24, 2.45) is 0 Å². The van der Waals surface area contributed by atoms with Crippen molar-refractivity contribution in [3.05, 3.63) is 0 Å². The van der Waals surface area contributed by atoms with Gasteiger partial charge in [-0.15, -0.1) is 0 Å². The highest BCUT2D eigenvalue weighted by atomic mass is 16.5. The first-order valence-electron chi connectivity index (χ1n) is 4.18. The van der Waals surface area contributed by atoms with E-state index in [0.29, 0.717) is 13.0 Å². The van der Waals surface area contributed by atoms with Crippen LogP contribution >= 0.6 is 0 Å². The first-order valence-corrected chi connectivity index (χ1v) is 4.18. The minimum absolute atomic E-state index is 0. The minimum Gasteiger partial charge on any atom is -0.466 e. The molecule has 0 spiro atoms. The van der Waals surface area contributed by atoms with Crippen LogP contribution in [0.15, 0.2) is 0 Å². The Morgan fingerprint density at radius 3 is 2.08 bits per heavy atom. The van der Waals surface area contributed by atoms with Gasteiger partial charge in [-0.3, -0.25) is 4.79 Å². The molecular weight excluding hydrogens is 160 g/mol. The number of hydrogen-bond acceptors (Lipinski definition) is 4. The van der Waals surface area contributed by atoms with Crippen LogP contribution in [0.1, 0.15) is 27.1 Å². The van der Waals surface area contributed by atoms with Gasteiger partial charge < -0.3 is 14.9 Å². The highest BCUT2D eigenvalue weighted by Crippen LogP contribution is 2.01. The van der Waals surface area contributed by atoms with Gasteiger partial charge in [0.2, 0.25) is 0 Å². The maximum Gasteiger partial charge on any atom is 0.305 e. The maximum absolute atomic E-state index is 10.0. The molecular formula is C8H18O4. The van der Waals surface area contributed by atoms with Gasteiger partial charge in [-0.2, -0.15) is 0 Å². The fourth-order valence-electron chi connectivity index (χ4n) is 0.698. The van der Waals surface area contributed by atoms with E-state index in [2.05, 4.69) is 4.74 Å². The van der Waals surface area contributed by atoms with Crippen LogP contribution in [-0.2, 0) is 9.53 Å². The molecule has 0 aromatic rings. The van der Waals surface area contributed by atoms with Crippen molar-refractivity contribution in [3.63, 3.8) is 0 Å². The molecule has 0 saturated carbocycles. The molecule has 0 bridgehead atoms. The number of carbonyl (C=O) groups is 1. The Morgan fingerprint density at radius 2 is 1.92 bits per heavy atom. The van der Waals surface area contributed by atoms with Gasteiger partial charge in [-0.05, 0) is 19.3 Å². The summed E-state index contributed by atoms with van der Waals surface area (Å²) in [7, 11) is 0. The lowest BCUT2D eigenvalue weighted by Crippen LogP contribution is -1.88. The summed E-state index contributed by atoms with van der Waals surface area (Å²) in [6.07, 6.45) is 2.98. The number of aliphatic hydroxyl groups is 2. The second-order valence-electron chi connectivity index (χ2n) is 2.48. The fraction of sp³-hybridized carbons (Fsp3) is 0.875. The SMILES string of the molecule is O=C1CCCO1.OCCCCO.[HH]. The smallest absolute Gasteiger partial charge is 0.305 e. The van der Waals surface area contributed by atoms with Crippen molar-refractivity contribution >= 4 is 5.97 Å². The lowest BCUT2D eigenvalue weighted by atomic mass is 10.3. The third-order valence-electron chi connectivity index (χ3n) is 1.35. The molecule has 0 aromatic carbocycles. The zero-order valence-electron chi connectivity index (χ0n) is 7.16. The van der Waals surface area contributed by atoms with E-state index in [4.69, 9.17) is 10.2 Å². The monoisotopic (exact) mass is 178 g/mol. The van der Waals surface area contributed by atoms with Gasteiger partial charge in [0.15, 0.2) is 0 Å². The molecule has 1 aliphatic rings. The van der Waals surface area contributed by atoms with Gasteiger partial charge in [-0.1, -0.05) is 0 Å². The van der Waals surface area contributed by atoms with Crippen LogP contribution in [0.5, 0.6) is 0 Å². The van der Waals surface area contributed by atoms with Crippen LogP contribution in [0, 0.1) is 0 Å². The number of unbranched alkanes of at least 4 members (excludes halogenated alkanes) is 1. The Bertz CT molecular complexity index is 107. The molecule has 0 atom stereocenters. The predicted octanol–water partition coefficient (Wildman–Crippen LogP) is 0.321. The van der Waals surface area contributed by atoms with Gasteiger partial charge in [0, 0.05) is 21.1 Å². The summed E-state index contributed by atoms with van der Waals surface area (Å²) in [5.41, 5.74) is 0. The largest absolute Gasteiger partial charge is 0.466 e. The lowest BCUT2D eigenvalue weighted by Gasteiger charge is -1.85. The van der Waals surface area contributed by atoms with Crippen LogP contribution in [0.2, 0.25) is 0 Å². The Hall–Kier alpha value is -0.610. The second kappa shape index (κ2) is 8.49. The molecule has 1 rings (SSSR count). The summed E-state index contributed by atoms with van der Waals surface area (Å²) >= 11 is 0. The fourth-order valence-corrected chi connectivity index (χ4v) is 0.698. The van der Waals surface area contributed by atoms with E-state index in [9.17, 15) is 4.79 Å². The average molecular weight is 178 g/mol. The number of hydrogen-bond donors (Lipinski definition) is 2. The van der Waals surface area contributed by atoms with Crippen molar-refractivity contribution in [1.29, 1.82) is 0 Å². The number of esters is 1. The molecule has 1 heterocycles. The van der Waals surface area contributed by atoms with Crippen molar-refractivity contribution in [3.8, 4) is 0 Å². The standard InChI is InChI=1S/C4H6O2.C4H10O2.H2/c5-4-2-1-3-6-4;5-3-1-2-4-6;/h1-3H2;5-6H,1-4H2;1H. The van der Waals surface area contributed by atoms with Crippen LogP contribution < -0.4 is 0 Å². The van der Waals surface area contributed by atoms with Gasteiger partial charge in [0.25, 0.3) is 0 Å². The van der Waals surface area contributed by atoms with Gasteiger partial charge >= 0.3 is 5.97 Å². The van der Waals surface area contributed by atoms with E-state index >= 15 is 0 Å². The van der Waals surface area contributed by atoms with E-state index in [-0.39, 0.29) is 20.6 Å². The van der Waals surface area contributed by atoms with E-state index < -0.39 is 0 Å². The first-order chi connectivity index (χ1) is 5.81. The maximum atomic E-state index is 10.0. The minimum atomic E-state index is -0.0463.